The van der Waals surface area contributed by atoms with Crippen molar-refractivity contribution in [3.05, 3.63) is 23.8 Å². The summed E-state index contributed by atoms with van der Waals surface area (Å²) in [7, 11) is 0. The van der Waals surface area contributed by atoms with Crippen LogP contribution in [0.1, 0.15) is 19.3 Å². The van der Waals surface area contributed by atoms with E-state index in [0.717, 1.165) is 43.2 Å². The monoisotopic (exact) mass is 328 g/mol. The Hall–Kier alpha value is -1.34. The molecule has 1 aliphatic carbocycles. The average molecular weight is 328 g/mol. The van der Waals surface area contributed by atoms with Gasteiger partial charge in [-0.05, 0) is 37.7 Å². The van der Waals surface area contributed by atoms with Crippen LogP contribution in [-0.2, 0) is 4.74 Å². The van der Waals surface area contributed by atoms with E-state index in [9.17, 15) is 13.6 Å². The van der Waals surface area contributed by atoms with Crippen LogP contribution in [0.2, 0.25) is 0 Å². The van der Waals surface area contributed by atoms with Gasteiger partial charge in [0, 0.05) is 12.2 Å². The zero-order chi connectivity index (χ0) is 15.7. The summed E-state index contributed by atoms with van der Waals surface area (Å²) in [6.07, 6.45) is 4.59. The molecule has 2 fully saturated rings. The predicted octanol–water partition coefficient (Wildman–Crippen LogP) is 3.47. The van der Waals surface area contributed by atoms with E-state index in [2.05, 4.69) is 5.32 Å². The third-order valence-corrected chi connectivity index (χ3v) is 4.99. The number of hydrogen-bond donors (Lipinski definition) is 1. The summed E-state index contributed by atoms with van der Waals surface area (Å²) >= 11 is 1.00. The van der Waals surface area contributed by atoms with Crippen LogP contribution in [0.15, 0.2) is 17.0 Å². The van der Waals surface area contributed by atoms with Crippen molar-refractivity contribution >= 4 is 23.5 Å². The smallest absolute Gasteiger partial charge is 0.322 e. The van der Waals surface area contributed by atoms with Crippen LogP contribution in [0.3, 0.4) is 0 Å². The second kappa shape index (κ2) is 6.42. The summed E-state index contributed by atoms with van der Waals surface area (Å²) in [5, 5.41) is 2.60. The summed E-state index contributed by atoms with van der Waals surface area (Å²) in [6.45, 7) is 1.00. The lowest BCUT2D eigenvalue weighted by molar-refractivity contribution is -0.0362. The van der Waals surface area contributed by atoms with E-state index in [0.29, 0.717) is 13.2 Å². The Morgan fingerprint density at radius 3 is 2.77 bits per heavy atom. The summed E-state index contributed by atoms with van der Waals surface area (Å²) in [5.74, 6) is -1.33. The van der Waals surface area contributed by atoms with Crippen molar-refractivity contribution < 1.29 is 18.3 Å². The van der Waals surface area contributed by atoms with Gasteiger partial charge in [-0.1, -0.05) is 0 Å². The Balaban J connectivity index is 1.74. The van der Waals surface area contributed by atoms with Crippen LogP contribution in [0.25, 0.3) is 0 Å². The predicted molar refractivity (Wildman–Crippen MR) is 81.2 cm³/mol. The first-order valence-electron chi connectivity index (χ1n) is 7.32. The molecule has 3 rings (SSSR count). The van der Waals surface area contributed by atoms with Gasteiger partial charge < -0.3 is 15.0 Å². The maximum absolute atomic E-state index is 13.8. The van der Waals surface area contributed by atoms with Gasteiger partial charge in [0.1, 0.15) is 11.6 Å². The highest BCUT2D eigenvalue weighted by molar-refractivity contribution is 7.98. The van der Waals surface area contributed by atoms with E-state index in [1.54, 1.807) is 11.2 Å². The number of halogens is 2. The Labute approximate surface area is 132 Å². The molecule has 1 saturated heterocycles. The van der Waals surface area contributed by atoms with Gasteiger partial charge in [0.15, 0.2) is 0 Å². The lowest BCUT2D eigenvalue weighted by atomic mass is 10.1. The van der Waals surface area contributed by atoms with Crippen molar-refractivity contribution in [2.45, 2.75) is 36.3 Å². The summed E-state index contributed by atoms with van der Waals surface area (Å²) < 4.78 is 33.2. The molecule has 1 aromatic rings. The van der Waals surface area contributed by atoms with E-state index in [4.69, 9.17) is 4.74 Å². The van der Waals surface area contributed by atoms with Crippen molar-refractivity contribution in [2.24, 2.45) is 0 Å². The third kappa shape index (κ3) is 2.92. The summed E-state index contributed by atoms with van der Waals surface area (Å²) in [5.41, 5.74) is 0.138. The van der Waals surface area contributed by atoms with Crippen LogP contribution < -0.4 is 5.32 Å². The fourth-order valence-corrected chi connectivity index (χ4v) is 3.71. The molecule has 0 bridgehead atoms. The SMILES string of the molecule is CSc1c(F)cc(NC(=O)N2CCOC3CCCC32)cc1F. The number of anilines is 1. The molecule has 1 N–H and O–H groups in total. The van der Waals surface area contributed by atoms with E-state index >= 15 is 0 Å². The minimum atomic E-state index is -0.663. The second-order valence-corrected chi connectivity index (χ2v) is 6.32. The molecule has 1 aliphatic heterocycles. The lowest BCUT2D eigenvalue weighted by Gasteiger charge is -2.37. The number of thioether (sulfide) groups is 1. The number of urea groups is 1. The summed E-state index contributed by atoms with van der Waals surface area (Å²) in [4.78, 5) is 14.1. The topological polar surface area (TPSA) is 41.6 Å². The van der Waals surface area contributed by atoms with Gasteiger partial charge in [-0.15, -0.1) is 11.8 Å². The van der Waals surface area contributed by atoms with Crippen molar-refractivity contribution in [1.82, 2.24) is 4.90 Å². The van der Waals surface area contributed by atoms with Gasteiger partial charge in [0.05, 0.1) is 23.6 Å². The molecule has 120 valence electrons. The minimum Gasteiger partial charge on any atom is -0.374 e. The second-order valence-electron chi connectivity index (χ2n) is 5.50. The minimum absolute atomic E-state index is 0.0415. The van der Waals surface area contributed by atoms with Gasteiger partial charge >= 0.3 is 6.03 Å². The average Bonchev–Trinajstić information content (AvgIpc) is 2.95. The van der Waals surface area contributed by atoms with E-state index in [-0.39, 0.29) is 28.8 Å². The highest BCUT2D eigenvalue weighted by Gasteiger charge is 2.38. The Bertz CT molecular complexity index is 562. The lowest BCUT2D eigenvalue weighted by Crippen LogP contribution is -2.52. The number of rotatable bonds is 2. The van der Waals surface area contributed by atoms with Crippen molar-refractivity contribution in [1.29, 1.82) is 0 Å². The van der Waals surface area contributed by atoms with Crippen LogP contribution in [0.5, 0.6) is 0 Å². The molecule has 1 saturated carbocycles. The number of carbonyl (C=O) groups is 1. The molecule has 1 heterocycles. The van der Waals surface area contributed by atoms with Crippen molar-refractivity contribution in [2.75, 3.05) is 24.7 Å². The maximum atomic E-state index is 13.8. The number of amides is 2. The van der Waals surface area contributed by atoms with Gasteiger partial charge in [-0.2, -0.15) is 0 Å². The van der Waals surface area contributed by atoms with Crippen LogP contribution in [0.4, 0.5) is 19.3 Å². The van der Waals surface area contributed by atoms with Gasteiger partial charge in [-0.3, -0.25) is 0 Å². The molecule has 7 heteroatoms. The maximum Gasteiger partial charge on any atom is 0.322 e. The van der Waals surface area contributed by atoms with Crippen LogP contribution in [-0.4, -0.2) is 42.5 Å². The third-order valence-electron chi connectivity index (χ3n) is 4.20. The highest BCUT2D eigenvalue weighted by atomic mass is 32.2. The Morgan fingerprint density at radius 2 is 2.09 bits per heavy atom. The molecule has 2 unspecified atom stereocenters. The zero-order valence-electron chi connectivity index (χ0n) is 12.3. The quantitative estimate of drug-likeness (QED) is 0.845. The van der Waals surface area contributed by atoms with Gasteiger partial charge in [-0.25, -0.2) is 13.6 Å². The molecule has 1 aromatic carbocycles. The molecular weight excluding hydrogens is 310 g/mol. The van der Waals surface area contributed by atoms with E-state index in [1.807, 2.05) is 0 Å². The first-order valence-corrected chi connectivity index (χ1v) is 8.55. The molecular formula is C15H18F2N2O2S. The number of benzene rings is 1. The largest absolute Gasteiger partial charge is 0.374 e. The number of morpholine rings is 1. The number of hydrogen-bond acceptors (Lipinski definition) is 3. The number of fused-ring (bicyclic) bond motifs is 1. The first-order chi connectivity index (χ1) is 10.6. The van der Waals surface area contributed by atoms with Crippen LogP contribution >= 0.6 is 11.8 Å². The molecule has 2 aliphatic rings. The molecule has 0 spiro atoms. The van der Waals surface area contributed by atoms with Crippen LogP contribution in [0, 0.1) is 11.6 Å². The number of ether oxygens (including phenoxy) is 1. The van der Waals surface area contributed by atoms with Gasteiger partial charge in [0.2, 0.25) is 0 Å². The normalized spacial score (nSPS) is 24.2. The fraction of sp³-hybridized carbons (Fsp3) is 0.533. The molecule has 2 amide bonds. The molecule has 4 nitrogen and oxygen atoms in total. The van der Waals surface area contributed by atoms with E-state index < -0.39 is 11.6 Å². The van der Waals surface area contributed by atoms with Crippen molar-refractivity contribution in [3.8, 4) is 0 Å². The van der Waals surface area contributed by atoms with Gasteiger partial charge in [0.25, 0.3) is 0 Å². The fourth-order valence-electron chi connectivity index (χ4n) is 3.20. The number of carbonyl (C=O) groups excluding carboxylic acids is 1. The first kappa shape index (κ1) is 15.6. The zero-order valence-corrected chi connectivity index (χ0v) is 13.1. The number of nitrogens with zero attached hydrogens (tertiary/aromatic N) is 1. The molecule has 22 heavy (non-hydrogen) atoms. The Morgan fingerprint density at radius 1 is 1.36 bits per heavy atom. The summed E-state index contributed by atoms with van der Waals surface area (Å²) in [6, 6.07) is 2.04. The highest BCUT2D eigenvalue weighted by Crippen LogP contribution is 2.31. The molecule has 2 atom stereocenters. The van der Waals surface area contributed by atoms with E-state index in [1.165, 1.54) is 0 Å². The standard InChI is InChI=1S/C15H18F2N2O2S/c1-22-14-10(16)7-9(8-11(14)17)18-15(20)19-5-6-21-13-4-2-3-12(13)19/h7-8,12-13H,2-6H2,1H3,(H,18,20). The molecule has 0 aromatic heterocycles. The van der Waals surface area contributed by atoms with Crippen molar-refractivity contribution in [3.63, 3.8) is 0 Å². The Kier molecular flexibility index (Phi) is 4.54. The molecule has 0 radical (unpaired) electrons. The number of nitrogens with one attached hydrogen (secondary N) is 1.